The molecule has 2 N–H and O–H groups in total. The molecule has 0 aliphatic carbocycles. The third-order valence-corrected chi connectivity index (χ3v) is 4.15. The topological polar surface area (TPSA) is 101 Å². The molecule has 0 amide bonds. The number of carbonyl (C=O) groups is 1. The third kappa shape index (κ3) is 4.33. The van der Waals surface area contributed by atoms with Crippen molar-refractivity contribution in [2.24, 2.45) is 0 Å². The molecule has 7 heteroatoms. The summed E-state index contributed by atoms with van der Waals surface area (Å²) in [5, 5.41) is 18.5. The first-order chi connectivity index (χ1) is 10.8. The van der Waals surface area contributed by atoms with Gasteiger partial charge >= 0.3 is 16.1 Å². The van der Waals surface area contributed by atoms with Gasteiger partial charge in [-0.05, 0) is 42.8 Å². The van der Waals surface area contributed by atoms with Gasteiger partial charge in [-0.3, -0.25) is 0 Å². The molecule has 0 aromatic heterocycles. The fourth-order valence-electron chi connectivity index (χ4n) is 1.70. The Morgan fingerprint density at radius 1 is 1.04 bits per heavy atom. The molecule has 0 spiro atoms. The van der Waals surface area contributed by atoms with E-state index in [1.54, 1.807) is 19.1 Å². The smallest absolute Gasteiger partial charge is 0.346 e. The van der Waals surface area contributed by atoms with Gasteiger partial charge in [0, 0.05) is 6.08 Å². The van der Waals surface area contributed by atoms with Gasteiger partial charge in [-0.15, -0.1) is 0 Å². The Hall–Kier alpha value is -2.80. The molecule has 0 atom stereocenters. The van der Waals surface area contributed by atoms with Gasteiger partial charge < -0.3 is 14.4 Å². The van der Waals surface area contributed by atoms with Crippen LogP contribution in [-0.2, 0) is 19.1 Å². The monoisotopic (exact) mass is 334 g/mol. The number of hydrogen-bond acceptors (Lipinski definition) is 6. The molecule has 6 nitrogen and oxygen atoms in total. The highest BCUT2D eigenvalue weighted by Gasteiger charge is 2.18. The van der Waals surface area contributed by atoms with Crippen LogP contribution in [-0.4, -0.2) is 24.6 Å². The summed E-state index contributed by atoms with van der Waals surface area (Å²) >= 11 is 0. The minimum absolute atomic E-state index is 0.118. The van der Waals surface area contributed by atoms with Crippen LogP contribution < -0.4 is 0 Å². The second-order valence-electron chi connectivity index (χ2n) is 4.75. The average molecular weight is 334 g/mol. The third-order valence-electron chi connectivity index (χ3n) is 2.91. The van der Waals surface area contributed by atoms with E-state index in [1.807, 2.05) is 0 Å². The van der Waals surface area contributed by atoms with Gasteiger partial charge in [0.15, 0.2) is 11.5 Å². The standard InChI is InChI=1S/C16H14O6S/c1-11-2-6-13(7-3-11)23(20,21)22-16(19)9-5-12-4-8-14(17)15(18)10-12/h2-10,17-18H,1H3/b9-5+. The second kappa shape index (κ2) is 6.53. The predicted molar refractivity (Wildman–Crippen MR) is 83.3 cm³/mol. The van der Waals surface area contributed by atoms with Gasteiger partial charge in [-0.1, -0.05) is 23.8 Å². The highest BCUT2D eigenvalue weighted by Crippen LogP contribution is 2.25. The molecule has 23 heavy (non-hydrogen) atoms. The number of aryl methyl sites for hydroxylation is 1. The summed E-state index contributed by atoms with van der Waals surface area (Å²) in [6.07, 6.45) is 2.17. The summed E-state index contributed by atoms with van der Waals surface area (Å²) < 4.78 is 28.3. The van der Waals surface area contributed by atoms with Crippen molar-refractivity contribution in [3.8, 4) is 11.5 Å². The molecule has 2 rings (SSSR count). The quantitative estimate of drug-likeness (QED) is 0.506. The number of hydrogen-bond donors (Lipinski definition) is 2. The number of phenols is 2. The summed E-state index contributed by atoms with van der Waals surface area (Å²) in [4.78, 5) is 11.5. The first-order valence-electron chi connectivity index (χ1n) is 6.53. The minimum atomic E-state index is -4.19. The van der Waals surface area contributed by atoms with Crippen molar-refractivity contribution in [1.29, 1.82) is 0 Å². The van der Waals surface area contributed by atoms with Gasteiger partial charge in [0.1, 0.15) is 4.90 Å². The van der Waals surface area contributed by atoms with Crippen LogP contribution in [0.3, 0.4) is 0 Å². The number of phenolic OH excluding ortho intramolecular Hbond substituents is 2. The molecule has 0 fully saturated rings. The molecular formula is C16H14O6S. The lowest BCUT2D eigenvalue weighted by molar-refractivity contribution is -0.128. The molecule has 120 valence electrons. The molecular weight excluding hydrogens is 320 g/mol. The van der Waals surface area contributed by atoms with Crippen LogP contribution in [0.5, 0.6) is 11.5 Å². The van der Waals surface area contributed by atoms with Gasteiger partial charge in [0.2, 0.25) is 0 Å². The van der Waals surface area contributed by atoms with Crippen LogP contribution in [0.4, 0.5) is 0 Å². The van der Waals surface area contributed by atoms with Crippen molar-refractivity contribution in [1.82, 2.24) is 0 Å². The first-order valence-corrected chi connectivity index (χ1v) is 7.94. The normalized spacial score (nSPS) is 11.5. The van der Waals surface area contributed by atoms with Crippen LogP contribution in [0.1, 0.15) is 11.1 Å². The Labute approximate surface area is 133 Å². The minimum Gasteiger partial charge on any atom is -0.504 e. The maximum absolute atomic E-state index is 11.9. The van der Waals surface area contributed by atoms with Crippen LogP contribution in [0.15, 0.2) is 53.4 Å². The zero-order valence-corrected chi connectivity index (χ0v) is 12.9. The Morgan fingerprint density at radius 3 is 2.30 bits per heavy atom. The zero-order valence-electron chi connectivity index (χ0n) is 12.1. The molecule has 0 radical (unpaired) electrons. The Kier molecular flexibility index (Phi) is 4.71. The molecule has 0 unspecified atom stereocenters. The van der Waals surface area contributed by atoms with E-state index in [2.05, 4.69) is 4.18 Å². The molecule has 2 aromatic rings. The summed E-state index contributed by atoms with van der Waals surface area (Å²) in [7, 11) is -4.19. The van der Waals surface area contributed by atoms with Gasteiger partial charge in [0.25, 0.3) is 0 Å². The summed E-state index contributed by atoms with van der Waals surface area (Å²) in [5.41, 5.74) is 1.27. The SMILES string of the molecule is Cc1ccc(S(=O)(=O)OC(=O)/C=C/c2ccc(O)c(O)c2)cc1. The van der Waals surface area contributed by atoms with E-state index < -0.39 is 16.1 Å². The number of rotatable bonds is 4. The lowest BCUT2D eigenvalue weighted by Gasteiger charge is -2.04. The first kappa shape index (κ1) is 16.6. The summed E-state index contributed by atoms with van der Waals surface area (Å²) in [6.45, 7) is 1.80. The van der Waals surface area contributed by atoms with Crippen molar-refractivity contribution in [2.45, 2.75) is 11.8 Å². The maximum atomic E-state index is 11.9. The molecule has 0 bridgehead atoms. The zero-order chi connectivity index (χ0) is 17.0. The van der Waals surface area contributed by atoms with E-state index in [0.29, 0.717) is 5.56 Å². The van der Waals surface area contributed by atoms with Crippen LogP contribution in [0.2, 0.25) is 0 Å². The molecule has 0 aliphatic heterocycles. The van der Waals surface area contributed by atoms with E-state index in [-0.39, 0.29) is 16.4 Å². The van der Waals surface area contributed by atoms with Crippen molar-refractivity contribution in [3.63, 3.8) is 0 Å². The highest BCUT2D eigenvalue weighted by atomic mass is 32.2. The number of benzene rings is 2. The van der Waals surface area contributed by atoms with E-state index in [4.69, 9.17) is 0 Å². The van der Waals surface area contributed by atoms with Crippen molar-refractivity contribution >= 4 is 22.2 Å². The number of carbonyl (C=O) groups excluding carboxylic acids is 1. The largest absolute Gasteiger partial charge is 0.504 e. The molecule has 0 heterocycles. The summed E-state index contributed by atoms with van der Waals surface area (Å²) in [5.74, 6) is -1.72. The number of aromatic hydroxyl groups is 2. The fraction of sp³-hybridized carbons (Fsp3) is 0.0625. The average Bonchev–Trinajstić information content (AvgIpc) is 2.48. The molecule has 0 saturated carbocycles. The van der Waals surface area contributed by atoms with E-state index in [0.717, 1.165) is 11.6 Å². The molecule has 0 aliphatic rings. The second-order valence-corrected chi connectivity index (χ2v) is 6.30. The predicted octanol–water partition coefficient (Wildman–Crippen LogP) is 2.35. The van der Waals surface area contributed by atoms with Gasteiger partial charge in [-0.2, -0.15) is 8.42 Å². The lowest BCUT2D eigenvalue weighted by Crippen LogP contribution is -2.11. The van der Waals surface area contributed by atoms with E-state index in [1.165, 1.54) is 36.4 Å². The summed E-state index contributed by atoms with van der Waals surface area (Å²) in [6, 6.07) is 9.77. The highest BCUT2D eigenvalue weighted by molar-refractivity contribution is 7.87. The van der Waals surface area contributed by atoms with Crippen molar-refractivity contribution < 1.29 is 27.6 Å². The van der Waals surface area contributed by atoms with Gasteiger partial charge in [0.05, 0.1) is 0 Å². The lowest BCUT2D eigenvalue weighted by atomic mass is 10.2. The molecule has 2 aromatic carbocycles. The fourth-order valence-corrected chi connectivity index (χ4v) is 2.53. The van der Waals surface area contributed by atoms with E-state index >= 15 is 0 Å². The van der Waals surface area contributed by atoms with E-state index in [9.17, 15) is 23.4 Å². The Balaban J connectivity index is 2.10. The van der Waals surface area contributed by atoms with Crippen LogP contribution in [0.25, 0.3) is 6.08 Å². The van der Waals surface area contributed by atoms with Crippen LogP contribution >= 0.6 is 0 Å². The van der Waals surface area contributed by atoms with Crippen molar-refractivity contribution in [2.75, 3.05) is 0 Å². The van der Waals surface area contributed by atoms with Gasteiger partial charge in [-0.25, -0.2) is 4.79 Å². The van der Waals surface area contributed by atoms with Crippen LogP contribution in [0, 0.1) is 6.92 Å². The van der Waals surface area contributed by atoms with Crippen molar-refractivity contribution in [3.05, 3.63) is 59.7 Å². The maximum Gasteiger partial charge on any atom is 0.346 e. The molecule has 0 saturated heterocycles. The Morgan fingerprint density at radius 2 is 1.70 bits per heavy atom. The Bertz CT molecular complexity index is 851.